The number of hydrogen-bond donors (Lipinski definition) is 1. The molecule has 0 aliphatic carbocycles. The molecule has 1 N–H and O–H groups in total. The Morgan fingerprint density at radius 2 is 2.04 bits per heavy atom. The van der Waals surface area contributed by atoms with Gasteiger partial charge in [0.1, 0.15) is 11.7 Å². The highest BCUT2D eigenvalue weighted by atomic mass is 35.5. The van der Waals surface area contributed by atoms with Crippen molar-refractivity contribution < 1.29 is 4.39 Å². The number of fused-ring (bicyclic) bond motifs is 1. The summed E-state index contributed by atoms with van der Waals surface area (Å²) in [6.07, 6.45) is 7.25. The van der Waals surface area contributed by atoms with Crippen molar-refractivity contribution in [1.29, 1.82) is 5.41 Å². The number of amidine groups is 1. The van der Waals surface area contributed by atoms with E-state index in [-0.39, 0.29) is 6.54 Å². The van der Waals surface area contributed by atoms with Gasteiger partial charge in [0.2, 0.25) is 0 Å². The van der Waals surface area contributed by atoms with Crippen molar-refractivity contribution in [3.8, 4) is 0 Å². The van der Waals surface area contributed by atoms with E-state index >= 15 is 0 Å². The van der Waals surface area contributed by atoms with Gasteiger partial charge in [-0.2, -0.15) is 5.10 Å². The first-order valence-electron chi connectivity index (χ1n) is 8.21. The molecule has 0 amide bonds. The van der Waals surface area contributed by atoms with Crippen molar-refractivity contribution in [3.63, 3.8) is 0 Å². The fourth-order valence-electron chi connectivity index (χ4n) is 3.21. The highest BCUT2D eigenvalue weighted by Gasteiger charge is 2.19. The average molecular weight is 358 g/mol. The van der Waals surface area contributed by atoms with Crippen molar-refractivity contribution in [2.45, 2.75) is 19.4 Å². The molecule has 7 heteroatoms. The van der Waals surface area contributed by atoms with Crippen LogP contribution in [0.15, 0.2) is 36.8 Å². The Labute approximate surface area is 149 Å². The van der Waals surface area contributed by atoms with Crippen LogP contribution in [-0.2, 0) is 6.54 Å². The van der Waals surface area contributed by atoms with Crippen molar-refractivity contribution >= 4 is 28.3 Å². The minimum absolute atomic E-state index is 0.219. The summed E-state index contributed by atoms with van der Waals surface area (Å²) in [4.78, 5) is 6.05. The van der Waals surface area contributed by atoms with Gasteiger partial charge in [0, 0.05) is 40.8 Å². The Kier molecular flexibility index (Phi) is 4.13. The SMILES string of the molecule is N=C(c1cc(F)c(Cn2ncc3ccncc32)c(Cl)c1)N1CCCC1. The maximum Gasteiger partial charge on any atom is 0.130 e. The van der Waals surface area contributed by atoms with Crippen LogP contribution >= 0.6 is 11.6 Å². The van der Waals surface area contributed by atoms with E-state index in [9.17, 15) is 4.39 Å². The monoisotopic (exact) mass is 357 g/mol. The van der Waals surface area contributed by atoms with Gasteiger partial charge in [-0.05, 0) is 31.0 Å². The van der Waals surface area contributed by atoms with Gasteiger partial charge in [0.05, 0.1) is 24.5 Å². The summed E-state index contributed by atoms with van der Waals surface area (Å²) in [5.74, 6) is -0.0856. The van der Waals surface area contributed by atoms with E-state index < -0.39 is 5.82 Å². The lowest BCUT2D eigenvalue weighted by Gasteiger charge is -2.19. The molecule has 0 radical (unpaired) electrons. The van der Waals surface area contributed by atoms with Crippen LogP contribution in [0.1, 0.15) is 24.0 Å². The van der Waals surface area contributed by atoms with E-state index in [4.69, 9.17) is 17.0 Å². The molecule has 0 spiro atoms. The summed E-state index contributed by atoms with van der Waals surface area (Å²) in [7, 11) is 0. The van der Waals surface area contributed by atoms with Gasteiger partial charge in [-0.1, -0.05) is 11.6 Å². The molecule has 3 heterocycles. The van der Waals surface area contributed by atoms with Crippen LogP contribution in [0, 0.1) is 11.2 Å². The van der Waals surface area contributed by atoms with Crippen LogP contribution in [0.25, 0.3) is 10.9 Å². The molecule has 128 valence electrons. The Bertz CT molecular complexity index is 923. The molecule has 1 saturated heterocycles. The number of likely N-dealkylation sites (tertiary alicyclic amines) is 1. The summed E-state index contributed by atoms with van der Waals surface area (Å²) in [6.45, 7) is 1.90. The third-order valence-corrected chi connectivity index (χ3v) is 4.93. The molecule has 0 unspecified atom stereocenters. The molecular formula is C18H17ClFN5. The van der Waals surface area contributed by atoms with Crippen molar-refractivity contribution in [3.05, 3.63) is 58.8 Å². The molecular weight excluding hydrogens is 341 g/mol. The molecule has 3 aromatic rings. The largest absolute Gasteiger partial charge is 0.357 e. The Morgan fingerprint density at radius 3 is 2.80 bits per heavy atom. The zero-order valence-electron chi connectivity index (χ0n) is 13.5. The highest BCUT2D eigenvalue weighted by Crippen LogP contribution is 2.25. The second-order valence-electron chi connectivity index (χ2n) is 6.20. The Balaban J connectivity index is 1.65. The fraction of sp³-hybridized carbons (Fsp3) is 0.278. The zero-order chi connectivity index (χ0) is 17.4. The number of pyridine rings is 1. The minimum Gasteiger partial charge on any atom is -0.357 e. The second-order valence-corrected chi connectivity index (χ2v) is 6.61. The minimum atomic E-state index is -0.418. The van der Waals surface area contributed by atoms with E-state index in [0.717, 1.165) is 36.8 Å². The van der Waals surface area contributed by atoms with Gasteiger partial charge in [0.25, 0.3) is 0 Å². The van der Waals surface area contributed by atoms with Crippen LogP contribution < -0.4 is 0 Å². The Morgan fingerprint density at radius 1 is 1.24 bits per heavy atom. The molecule has 0 bridgehead atoms. The van der Waals surface area contributed by atoms with E-state index in [0.29, 0.717) is 22.0 Å². The third-order valence-electron chi connectivity index (χ3n) is 4.59. The molecule has 0 saturated carbocycles. The number of benzene rings is 1. The first-order chi connectivity index (χ1) is 12.1. The van der Waals surface area contributed by atoms with Gasteiger partial charge in [-0.25, -0.2) is 4.39 Å². The molecule has 5 nitrogen and oxygen atoms in total. The van der Waals surface area contributed by atoms with Crippen molar-refractivity contribution in [2.24, 2.45) is 0 Å². The zero-order valence-corrected chi connectivity index (χ0v) is 14.3. The van der Waals surface area contributed by atoms with Crippen LogP contribution in [-0.4, -0.2) is 38.6 Å². The predicted molar refractivity (Wildman–Crippen MR) is 95.7 cm³/mol. The van der Waals surface area contributed by atoms with Gasteiger partial charge >= 0.3 is 0 Å². The lowest BCUT2D eigenvalue weighted by atomic mass is 10.1. The number of hydrogen-bond acceptors (Lipinski definition) is 3. The standard InChI is InChI=1S/C18H17ClFN5/c19-15-7-13(18(21)24-5-1-2-6-24)8-16(20)14(15)11-25-17-10-22-4-3-12(17)9-23-25/h3-4,7-10,21H,1-2,5-6,11H2. The maximum atomic E-state index is 14.7. The summed E-state index contributed by atoms with van der Waals surface area (Å²) in [6, 6.07) is 4.92. The van der Waals surface area contributed by atoms with E-state index in [1.165, 1.54) is 6.07 Å². The van der Waals surface area contributed by atoms with Gasteiger partial charge in [-0.15, -0.1) is 0 Å². The van der Waals surface area contributed by atoms with Crippen LogP contribution in [0.3, 0.4) is 0 Å². The maximum absolute atomic E-state index is 14.7. The molecule has 2 aromatic heterocycles. The molecule has 1 aliphatic rings. The Hall–Kier alpha value is -2.47. The van der Waals surface area contributed by atoms with Crippen LogP contribution in [0.5, 0.6) is 0 Å². The molecule has 4 rings (SSSR count). The summed E-state index contributed by atoms with van der Waals surface area (Å²) in [5, 5.41) is 13.8. The number of nitrogens with one attached hydrogen (secondary N) is 1. The summed E-state index contributed by atoms with van der Waals surface area (Å²) in [5.41, 5.74) is 1.71. The number of nitrogens with zero attached hydrogens (tertiary/aromatic N) is 4. The van der Waals surface area contributed by atoms with Crippen LogP contribution in [0.4, 0.5) is 4.39 Å². The summed E-state index contributed by atoms with van der Waals surface area (Å²) >= 11 is 6.34. The number of aromatic nitrogens is 3. The topological polar surface area (TPSA) is 57.8 Å². The van der Waals surface area contributed by atoms with E-state index in [1.807, 2.05) is 11.0 Å². The van der Waals surface area contributed by atoms with E-state index in [2.05, 4.69) is 10.1 Å². The summed E-state index contributed by atoms with van der Waals surface area (Å²) < 4.78 is 16.4. The predicted octanol–water partition coefficient (Wildman–Crippen LogP) is 3.69. The number of halogens is 2. The van der Waals surface area contributed by atoms with Gasteiger partial charge < -0.3 is 4.90 Å². The number of rotatable bonds is 3. The molecule has 1 aromatic carbocycles. The average Bonchev–Trinajstić information content (AvgIpc) is 3.27. The van der Waals surface area contributed by atoms with Gasteiger partial charge in [-0.3, -0.25) is 15.1 Å². The van der Waals surface area contributed by atoms with E-state index in [1.54, 1.807) is 29.3 Å². The van der Waals surface area contributed by atoms with Crippen LogP contribution in [0.2, 0.25) is 5.02 Å². The highest BCUT2D eigenvalue weighted by molar-refractivity contribution is 6.31. The molecule has 1 fully saturated rings. The van der Waals surface area contributed by atoms with Crippen molar-refractivity contribution in [2.75, 3.05) is 13.1 Å². The third kappa shape index (κ3) is 2.98. The molecule has 1 aliphatic heterocycles. The molecule has 0 atom stereocenters. The first-order valence-corrected chi connectivity index (χ1v) is 8.58. The van der Waals surface area contributed by atoms with Crippen molar-refractivity contribution in [1.82, 2.24) is 19.7 Å². The first kappa shape index (κ1) is 16.0. The smallest absolute Gasteiger partial charge is 0.130 e. The fourth-order valence-corrected chi connectivity index (χ4v) is 3.47. The normalized spacial score (nSPS) is 14.4. The lowest BCUT2D eigenvalue weighted by molar-refractivity contribution is 0.516. The van der Waals surface area contributed by atoms with Gasteiger partial charge in [0.15, 0.2) is 0 Å². The second kappa shape index (κ2) is 6.44. The lowest BCUT2D eigenvalue weighted by Crippen LogP contribution is -2.27. The molecule has 25 heavy (non-hydrogen) atoms. The quantitative estimate of drug-likeness (QED) is 0.574.